The van der Waals surface area contributed by atoms with E-state index in [1.807, 2.05) is 12.1 Å². The summed E-state index contributed by atoms with van der Waals surface area (Å²) in [7, 11) is 1.52. The quantitative estimate of drug-likeness (QED) is 0.0779. The number of methoxy groups -OCH3 is 1. The summed E-state index contributed by atoms with van der Waals surface area (Å²) in [5, 5.41) is 26.3. The number of alkyl halides is 1. The summed E-state index contributed by atoms with van der Waals surface area (Å²) >= 11 is 0. The van der Waals surface area contributed by atoms with Crippen LogP contribution in [-0.4, -0.2) is 101 Å². The molecular formula is C47H53FN6O10. The van der Waals surface area contributed by atoms with Crippen LogP contribution in [0.25, 0.3) is 11.2 Å². The van der Waals surface area contributed by atoms with Crippen LogP contribution in [-0.2, 0) is 29.3 Å². The molecule has 3 aromatic carbocycles. The zero-order chi connectivity index (χ0) is 46.8. The summed E-state index contributed by atoms with van der Waals surface area (Å²) in [6.45, 7) is 11.6. The number of aliphatic hydroxyl groups is 1. The number of hydrogen-bond acceptors (Lipinski definition) is 12. The van der Waals surface area contributed by atoms with Gasteiger partial charge in [-0.1, -0.05) is 92.6 Å². The first-order valence-electron chi connectivity index (χ1n) is 20.5. The van der Waals surface area contributed by atoms with E-state index in [9.17, 15) is 24.6 Å². The van der Waals surface area contributed by atoms with Crippen molar-refractivity contribution in [3.63, 3.8) is 0 Å². The first kappa shape index (κ1) is 46.9. The molecule has 1 fully saturated rings. The Morgan fingerprint density at radius 2 is 1.47 bits per heavy atom. The SMILES string of the molecule is C#C[C@]1(O)[C@H](n2cnc3c(NC(=O)OC(C)(C)C)ncnc32)O[C@@](F)(COC(c2ccccc2)(c2ccccc2)c2ccc(OC)cc2)[C@H]1N(C(=O)OC(C)(C)C)[C@H](C(=O)O)C(C)C. The molecule has 5 aromatic rings. The van der Waals surface area contributed by atoms with Crippen LogP contribution in [0.5, 0.6) is 5.75 Å². The number of halogens is 1. The molecule has 64 heavy (non-hydrogen) atoms. The second-order valence-corrected chi connectivity index (χ2v) is 17.6. The van der Waals surface area contributed by atoms with Gasteiger partial charge in [0.05, 0.1) is 13.4 Å². The highest BCUT2D eigenvalue weighted by atomic mass is 19.2. The molecule has 16 nitrogen and oxygen atoms in total. The van der Waals surface area contributed by atoms with Crippen molar-refractivity contribution in [3.05, 3.63) is 114 Å². The zero-order valence-corrected chi connectivity index (χ0v) is 37.1. The fourth-order valence-electron chi connectivity index (χ4n) is 7.82. The minimum absolute atomic E-state index is 0.0400. The number of terminal acetylenes is 1. The van der Waals surface area contributed by atoms with Crippen molar-refractivity contribution in [1.82, 2.24) is 24.4 Å². The van der Waals surface area contributed by atoms with Gasteiger partial charge in [-0.25, -0.2) is 33.7 Å². The lowest BCUT2D eigenvalue weighted by molar-refractivity contribution is -0.221. The summed E-state index contributed by atoms with van der Waals surface area (Å²) in [4.78, 5) is 54.1. The zero-order valence-electron chi connectivity index (χ0n) is 37.1. The third-order valence-corrected chi connectivity index (χ3v) is 10.4. The van der Waals surface area contributed by atoms with Crippen LogP contribution >= 0.6 is 0 Å². The predicted molar refractivity (Wildman–Crippen MR) is 233 cm³/mol. The van der Waals surface area contributed by atoms with Gasteiger partial charge in [0, 0.05) is 0 Å². The molecule has 3 N–H and O–H groups in total. The van der Waals surface area contributed by atoms with Crippen LogP contribution in [0, 0.1) is 18.3 Å². The number of carboxylic acids is 1. The highest BCUT2D eigenvalue weighted by molar-refractivity contribution is 5.93. The van der Waals surface area contributed by atoms with Crippen molar-refractivity contribution in [1.29, 1.82) is 0 Å². The van der Waals surface area contributed by atoms with E-state index in [-0.39, 0.29) is 17.0 Å². The van der Waals surface area contributed by atoms with E-state index in [2.05, 4.69) is 26.2 Å². The van der Waals surface area contributed by atoms with Gasteiger partial charge in [-0.05, 0) is 76.3 Å². The molecule has 1 saturated heterocycles. The minimum atomic E-state index is -3.37. The summed E-state index contributed by atoms with van der Waals surface area (Å²) in [5.74, 6) is -3.15. The minimum Gasteiger partial charge on any atom is -0.497 e. The molecule has 1 aliphatic heterocycles. The fraction of sp³-hybridized carbons (Fsp3) is 0.404. The molecule has 338 valence electrons. The summed E-state index contributed by atoms with van der Waals surface area (Å²) in [6.07, 6.45) is 4.24. The van der Waals surface area contributed by atoms with Crippen molar-refractivity contribution in [2.75, 3.05) is 19.0 Å². The van der Waals surface area contributed by atoms with Crippen LogP contribution in [0.4, 0.5) is 19.8 Å². The maximum Gasteiger partial charge on any atom is 0.413 e. The van der Waals surface area contributed by atoms with Gasteiger partial charge >= 0.3 is 18.2 Å². The number of hydrogen-bond donors (Lipinski definition) is 3. The Morgan fingerprint density at radius 1 is 0.906 bits per heavy atom. The summed E-state index contributed by atoms with van der Waals surface area (Å²) < 4.78 is 50.2. The van der Waals surface area contributed by atoms with Gasteiger partial charge in [0.25, 0.3) is 5.85 Å². The van der Waals surface area contributed by atoms with Crippen LogP contribution in [0.3, 0.4) is 0 Å². The van der Waals surface area contributed by atoms with E-state index >= 15 is 4.39 Å². The van der Waals surface area contributed by atoms with E-state index in [1.165, 1.54) is 21.0 Å². The number of imidazole rings is 1. The second-order valence-electron chi connectivity index (χ2n) is 17.6. The van der Waals surface area contributed by atoms with Gasteiger partial charge in [0.2, 0.25) is 0 Å². The standard InChI is InChI=1S/C47H53FN6O10/c1-11-45(59)39(54(35(29(2)3)38(55)56)42(58)64-44(7,8)9)46(48,62-40(45)53-28-51-34-36(49-27-50-37(34)53)52-41(57)63-43(4,5)6)26-61-47(30-18-14-12-15-19-30,31-20-16-13-17-21-31)32-22-24-33(60-10)25-23-32/h1,12-25,27-29,35,39-40,59H,26H2,2-10H3,(H,55,56)(H,49,50,52,57)/t35-,39-,40+,45+,46-/m0/s1. The Labute approximate surface area is 370 Å². The molecule has 6 rings (SSSR count). The first-order chi connectivity index (χ1) is 30.1. The normalized spacial score (nSPS) is 20.6. The van der Waals surface area contributed by atoms with E-state index in [4.69, 9.17) is 30.1 Å². The van der Waals surface area contributed by atoms with Crippen molar-refractivity contribution < 1.29 is 52.7 Å². The molecule has 5 atom stereocenters. The average Bonchev–Trinajstić information content (AvgIpc) is 3.76. The molecule has 0 spiro atoms. The van der Waals surface area contributed by atoms with Crippen molar-refractivity contribution in [3.8, 4) is 18.1 Å². The second kappa shape index (κ2) is 17.9. The van der Waals surface area contributed by atoms with Crippen LogP contribution in [0.2, 0.25) is 0 Å². The Balaban J connectivity index is 1.60. The number of nitrogens with zero attached hydrogens (tertiary/aromatic N) is 5. The largest absolute Gasteiger partial charge is 0.497 e. The molecule has 0 radical (unpaired) electrons. The maximum atomic E-state index is 19.2. The van der Waals surface area contributed by atoms with Crippen molar-refractivity contribution in [2.45, 2.75) is 102 Å². The lowest BCUT2D eigenvalue weighted by Gasteiger charge is -2.44. The van der Waals surface area contributed by atoms with Gasteiger partial charge in [-0.15, -0.1) is 6.42 Å². The van der Waals surface area contributed by atoms with Crippen LogP contribution in [0.1, 0.15) is 78.3 Å². The lowest BCUT2D eigenvalue weighted by Crippen LogP contribution is -2.67. The number of anilines is 1. The average molecular weight is 881 g/mol. The highest BCUT2D eigenvalue weighted by Crippen LogP contribution is 2.52. The highest BCUT2D eigenvalue weighted by Gasteiger charge is 2.70. The van der Waals surface area contributed by atoms with E-state index in [0.717, 1.165) is 17.2 Å². The van der Waals surface area contributed by atoms with E-state index in [0.29, 0.717) is 27.3 Å². The predicted octanol–water partition coefficient (Wildman–Crippen LogP) is 7.46. The van der Waals surface area contributed by atoms with Gasteiger partial charge in [-0.2, -0.15) is 0 Å². The molecule has 3 heterocycles. The number of aliphatic carboxylic acids is 1. The van der Waals surface area contributed by atoms with Crippen LogP contribution < -0.4 is 10.1 Å². The van der Waals surface area contributed by atoms with Crippen LogP contribution in [0.15, 0.2) is 97.6 Å². The smallest absolute Gasteiger partial charge is 0.413 e. The topological polar surface area (TPSA) is 197 Å². The van der Waals surface area contributed by atoms with E-state index < -0.39 is 77.3 Å². The molecule has 0 unspecified atom stereocenters. The fourth-order valence-corrected chi connectivity index (χ4v) is 7.82. The van der Waals surface area contributed by atoms with E-state index in [1.54, 1.807) is 114 Å². The molecule has 1 aliphatic rings. The first-order valence-corrected chi connectivity index (χ1v) is 20.5. The number of benzene rings is 3. The Hall–Kier alpha value is -6.61. The molecule has 2 aromatic heterocycles. The molecule has 0 aliphatic carbocycles. The number of carbonyl (C=O) groups excluding carboxylic acids is 2. The summed E-state index contributed by atoms with van der Waals surface area (Å²) in [5.41, 5.74) is -5.21. The Bertz CT molecular complexity index is 2460. The number of ether oxygens (including phenoxy) is 5. The van der Waals surface area contributed by atoms with Crippen molar-refractivity contribution >= 4 is 35.1 Å². The molecule has 0 bridgehead atoms. The lowest BCUT2D eigenvalue weighted by atomic mass is 9.79. The maximum absolute atomic E-state index is 19.2. The number of carboxylic acid groups (broad SMARTS) is 1. The molecule has 17 heteroatoms. The number of carbonyl (C=O) groups is 3. The Kier molecular flexibility index (Phi) is 13.1. The molecular weight excluding hydrogens is 828 g/mol. The molecule has 2 amide bonds. The number of fused-ring (bicyclic) bond motifs is 1. The monoisotopic (exact) mass is 880 g/mol. The number of nitrogens with one attached hydrogen (secondary N) is 1. The van der Waals surface area contributed by atoms with Crippen molar-refractivity contribution in [2.24, 2.45) is 5.92 Å². The van der Waals surface area contributed by atoms with Gasteiger partial charge in [-0.3, -0.25) is 14.8 Å². The van der Waals surface area contributed by atoms with Gasteiger partial charge in [0.1, 0.15) is 47.6 Å². The molecule has 0 saturated carbocycles. The number of amides is 2. The Morgan fingerprint density at radius 3 is 1.97 bits per heavy atom. The number of aromatic nitrogens is 4. The summed E-state index contributed by atoms with van der Waals surface area (Å²) in [6, 6.07) is 20.7. The third-order valence-electron chi connectivity index (χ3n) is 10.4. The number of rotatable bonds is 13. The van der Waals surface area contributed by atoms with Gasteiger partial charge < -0.3 is 33.9 Å². The third kappa shape index (κ3) is 9.21. The van der Waals surface area contributed by atoms with Gasteiger partial charge in [0.15, 0.2) is 28.8 Å².